The van der Waals surface area contributed by atoms with Gasteiger partial charge >= 0.3 is 12.4 Å². The lowest BCUT2D eigenvalue weighted by molar-refractivity contribution is -0.274. The molecule has 0 unspecified atom stereocenters. The van der Waals surface area contributed by atoms with Crippen LogP contribution in [-0.4, -0.2) is 27.2 Å². The molecule has 0 bridgehead atoms. The van der Waals surface area contributed by atoms with E-state index in [4.69, 9.17) is 0 Å². The number of amides is 2. The number of anilines is 2. The van der Waals surface area contributed by atoms with Gasteiger partial charge in [-0.2, -0.15) is 0 Å². The van der Waals surface area contributed by atoms with Crippen molar-refractivity contribution >= 4 is 17.4 Å². The Morgan fingerprint density at radius 3 is 2.00 bits per heavy atom. The molecule has 33 heavy (non-hydrogen) atoms. The Labute approximate surface area is 184 Å². The number of nitrogens with zero attached hydrogens (tertiary/aromatic N) is 3. The van der Waals surface area contributed by atoms with E-state index in [-0.39, 0.29) is 5.75 Å². The number of hydrogen-bond donors (Lipinski definition) is 2. The highest BCUT2D eigenvalue weighted by Gasteiger charge is 2.31. The summed E-state index contributed by atoms with van der Waals surface area (Å²) in [5.41, 5.74) is 2.12. The van der Waals surface area contributed by atoms with Crippen LogP contribution in [0.25, 0.3) is 17.1 Å². The number of nitrogens with one attached hydrogen (secondary N) is 2. The van der Waals surface area contributed by atoms with Gasteiger partial charge in [0.1, 0.15) is 17.9 Å². The number of ether oxygens (including phenoxy) is 1. The van der Waals surface area contributed by atoms with Crippen molar-refractivity contribution in [3.8, 4) is 22.8 Å². The molecule has 2 N–H and O–H groups in total. The van der Waals surface area contributed by atoms with Gasteiger partial charge in [-0.3, -0.25) is 0 Å². The van der Waals surface area contributed by atoms with E-state index in [1.807, 2.05) is 0 Å². The Morgan fingerprint density at radius 1 is 0.848 bits per heavy atom. The predicted molar refractivity (Wildman–Crippen MR) is 113 cm³/mol. The van der Waals surface area contributed by atoms with Crippen molar-refractivity contribution in [2.24, 2.45) is 0 Å². The summed E-state index contributed by atoms with van der Waals surface area (Å²) in [5.74, 6) is -0.355. The van der Waals surface area contributed by atoms with E-state index in [0.717, 1.165) is 0 Å². The van der Waals surface area contributed by atoms with Crippen LogP contribution in [0, 0.1) is 5.82 Å². The molecule has 0 spiro atoms. The van der Waals surface area contributed by atoms with E-state index in [0.29, 0.717) is 28.5 Å². The molecule has 4 rings (SSSR count). The van der Waals surface area contributed by atoms with Crippen LogP contribution in [0.4, 0.5) is 33.7 Å². The van der Waals surface area contributed by atoms with Crippen LogP contribution in [0.15, 0.2) is 79.1 Å². The number of aromatic nitrogens is 3. The van der Waals surface area contributed by atoms with Crippen LogP contribution in [-0.2, 0) is 0 Å². The van der Waals surface area contributed by atoms with E-state index in [9.17, 15) is 22.4 Å². The van der Waals surface area contributed by atoms with Crippen LogP contribution in [0.5, 0.6) is 5.75 Å². The lowest BCUT2D eigenvalue weighted by Gasteiger charge is -2.09. The van der Waals surface area contributed by atoms with E-state index < -0.39 is 18.2 Å². The molecule has 168 valence electrons. The first-order valence-electron chi connectivity index (χ1n) is 9.47. The molecule has 11 heteroatoms. The fourth-order valence-corrected chi connectivity index (χ4v) is 2.85. The summed E-state index contributed by atoms with van der Waals surface area (Å²) in [6.07, 6.45) is -3.33. The van der Waals surface area contributed by atoms with Crippen molar-refractivity contribution in [1.82, 2.24) is 14.8 Å². The van der Waals surface area contributed by atoms with Crippen molar-refractivity contribution in [2.45, 2.75) is 6.36 Å². The third-order valence-electron chi connectivity index (χ3n) is 4.33. The zero-order valence-electron chi connectivity index (χ0n) is 16.7. The predicted octanol–water partition coefficient (Wildman–Crippen LogP) is 5.62. The minimum absolute atomic E-state index is 0.335. The van der Waals surface area contributed by atoms with Crippen LogP contribution in [0.2, 0.25) is 0 Å². The first kappa shape index (κ1) is 21.8. The summed E-state index contributed by atoms with van der Waals surface area (Å²) < 4.78 is 55.0. The molecule has 0 aliphatic carbocycles. The summed E-state index contributed by atoms with van der Waals surface area (Å²) in [6.45, 7) is 0. The van der Waals surface area contributed by atoms with Gasteiger partial charge in [0.05, 0.1) is 5.69 Å². The van der Waals surface area contributed by atoms with Crippen molar-refractivity contribution in [2.75, 3.05) is 10.6 Å². The molecule has 1 heterocycles. The molecule has 4 aromatic rings. The van der Waals surface area contributed by atoms with E-state index in [2.05, 4.69) is 25.5 Å². The van der Waals surface area contributed by atoms with Gasteiger partial charge < -0.3 is 15.4 Å². The molecule has 0 aliphatic rings. The summed E-state index contributed by atoms with van der Waals surface area (Å²) in [7, 11) is 0. The Balaban J connectivity index is 1.39. The van der Waals surface area contributed by atoms with Crippen molar-refractivity contribution < 1.29 is 27.1 Å². The minimum Gasteiger partial charge on any atom is -0.406 e. The minimum atomic E-state index is -4.76. The van der Waals surface area contributed by atoms with Crippen LogP contribution >= 0.6 is 0 Å². The van der Waals surface area contributed by atoms with Gasteiger partial charge in [-0.25, -0.2) is 18.9 Å². The number of halogens is 4. The van der Waals surface area contributed by atoms with Gasteiger partial charge in [0.2, 0.25) is 0 Å². The van der Waals surface area contributed by atoms with Gasteiger partial charge in [-0.1, -0.05) is 0 Å². The Bertz CT molecular complexity index is 1240. The smallest absolute Gasteiger partial charge is 0.406 e. The molecule has 0 radical (unpaired) electrons. The van der Waals surface area contributed by atoms with Crippen LogP contribution in [0.3, 0.4) is 0 Å². The molecule has 2 amide bonds. The molecular formula is C22H15F4N5O2. The van der Waals surface area contributed by atoms with Crippen molar-refractivity contribution in [3.63, 3.8) is 0 Å². The first-order chi connectivity index (χ1) is 15.7. The maximum absolute atomic E-state index is 12.9. The average molecular weight is 457 g/mol. The van der Waals surface area contributed by atoms with Gasteiger partial charge in [0.25, 0.3) is 0 Å². The molecule has 7 nitrogen and oxygen atoms in total. The van der Waals surface area contributed by atoms with E-state index in [1.54, 1.807) is 24.3 Å². The summed E-state index contributed by atoms with van der Waals surface area (Å²) in [5, 5.41) is 9.56. The third-order valence-corrected chi connectivity index (χ3v) is 4.33. The molecule has 0 atom stereocenters. The van der Waals surface area contributed by atoms with E-state index >= 15 is 0 Å². The maximum atomic E-state index is 12.9. The lowest BCUT2D eigenvalue weighted by Crippen LogP contribution is -2.19. The zero-order chi connectivity index (χ0) is 23.4. The Hall–Kier alpha value is -4.41. The largest absolute Gasteiger partial charge is 0.573 e. The Morgan fingerprint density at radius 2 is 1.42 bits per heavy atom. The number of hydrogen-bond acceptors (Lipinski definition) is 4. The third kappa shape index (κ3) is 5.85. The highest BCUT2D eigenvalue weighted by molar-refractivity contribution is 5.99. The molecule has 0 aliphatic heterocycles. The molecular weight excluding hydrogens is 442 g/mol. The van der Waals surface area contributed by atoms with E-state index in [1.165, 1.54) is 59.5 Å². The second-order valence-electron chi connectivity index (χ2n) is 6.72. The van der Waals surface area contributed by atoms with Crippen molar-refractivity contribution in [3.05, 3.63) is 84.9 Å². The Kier molecular flexibility index (Phi) is 5.94. The first-order valence-corrected chi connectivity index (χ1v) is 9.47. The summed E-state index contributed by atoms with van der Waals surface area (Å²) in [6, 6.07) is 16.8. The number of carbonyl (C=O) groups excluding carboxylic acids is 1. The number of rotatable bonds is 5. The number of benzene rings is 3. The van der Waals surface area contributed by atoms with Crippen LogP contribution in [0.1, 0.15) is 0 Å². The fourth-order valence-electron chi connectivity index (χ4n) is 2.85. The summed E-state index contributed by atoms with van der Waals surface area (Å²) in [4.78, 5) is 16.3. The topological polar surface area (TPSA) is 81.1 Å². The highest BCUT2D eigenvalue weighted by Crippen LogP contribution is 2.24. The molecule has 0 fully saturated rings. The monoisotopic (exact) mass is 457 g/mol. The van der Waals surface area contributed by atoms with Gasteiger partial charge in [-0.05, 0) is 72.8 Å². The van der Waals surface area contributed by atoms with Crippen LogP contribution < -0.4 is 15.4 Å². The van der Waals surface area contributed by atoms with Gasteiger partial charge in [-0.15, -0.1) is 18.3 Å². The normalized spacial score (nSPS) is 11.2. The average Bonchev–Trinajstić information content (AvgIpc) is 3.25. The fraction of sp³-hybridized carbons (Fsp3) is 0.0455. The van der Waals surface area contributed by atoms with Gasteiger partial charge in [0.15, 0.2) is 5.82 Å². The number of alkyl halides is 3. The standard InChI is InChI=1S/C22H15F4N5O2/c23-15-3-7-17(8-4-15)29-21(32)28-16-5-1-14(2-6-16)20-27-13-31(30-20)18-9-11-19(12-10-18)33-22(24,25)26/h1-13H,(H2,28,29,32). The second kappa shape index (κ2) is 8.99. The SMILES string of the molecule is O=C(Nc1ccc(F)cc1)Nc1ccc(-c2ncn(-c3ccc(OC(F)(F)F)cc3)n2)cc1. The second-order valence-corrected chi connectivity index (χ2v) is 6.72. The lowest BCUT2D eigenvalue weighted by atomic mass is 10.2. The molecule has 0 saturated carbocycles. The molecule has 0 saturated heterocycles. The highest BCUT2D eigenvalue weighted by atomic mass is 19.4. The van der Waals surface area contributed by atoms with Gasteiger partial charge in [0, 0.05) is 16.9 Å². The number of carbonyl (C=O) groups is 1. The van der Waals surface area contributed by atoms with Crippen molar-refractivity contribution in [1.29, 1.82) is 0 Å². The number of urea groups is 1. The molecule has 3 aromatic carbocycles. The quantitative estimate of drug-likeness (QED) is 0.382. The molecule has 1 aromatic heterocycles. The maximum Gasteiger partial charge on any atom is 0.573 e. The summed E-state index contributed by atoms with van der Waals surface area (Å²) >= 11 is 0. The zero-order valence-corrected chi connectivity index (χ0v) is 16.7.